The normalized spacial score (nSPS) is 1.50. The molecule has 0 bridgehead atoms. The van der Waals surface area contributed by atoms with E-state index in [0.717, 1.165) is 0 Å². The number of hydrogen-bond acceptors (Lipinski definition) is 1. The molecule has 0 aromatic carbocycles. The molecule has 0 radical (unpaired) electrons. The van der Waals surface area contributed by atoms with Crippen molar-refractivity contribution in [1.29, 1.82) is 0 Å². The summed E-state index contributed by atoms with van der Waals surface area (Å²) in [5.41, 5.74) is 0. The minimum absolute atomic E-state index is 0. The van der Waals surface area contributed by atoms with E-state index >= 15 is 0 Å². The van der Waals surface area contributed by atoms with Crippen molar-refractivity contribution in [2.45, 2.75) is 0 Å². The molecule has 0 aliphatic rings. The second kappa shape index (κ2) is 67.1. The quantitative estimate of drug-likeness (QED) is 0.423. The summed E-state index contributed by atoms with van der Waals surface area (Å²) in [7, 11) is 0. The summed E-state index contributed by atoms with van der Waals surface area (Å²) in [6.45, 7) is 0. The molecule has 0 aliphatic carbocycles. The van der Waals surface area contributed by atoms with Gasteiger partial charge in [-0.15, -0.1) is 0 Å². The third kappa shape index (κ3) is 18.4. The minimum atomic E-state index is 0. The maximum absolute atomic E-state index is 8.34. The first-order valence-electron chi connectivity index (χ1n) is 0.204. The Balaban J connectivity index is -0.00000000500. The molecule has 0 amide bonds. The molecule has 0 aromatic rings. The summed E-state index contributed by atoms with van der Waals surface area (Å²) >= 11 is 0.300. The van der Waals surface area contributed by atoms with Crippen LogP contribution in [0.2, 0.25) is 0 Å². The van der Waals surface area contributed by atoms with Gasteiger partial charge in [0, 0.05) is 0 Å². The fourth-order valence-electron chi connectivity index (χ4n) is 0. The van der Waals surface area contributed by atoms with Crippen molar-refractivity contribution in [2.75, 3.05) is 0 Å². The van der Waals surface area contributed by atoms with Crippen molar-refractivity contribution in [3.63, 3.8) is 0 Å². The van der Waals surface area contributed by atoms with E-state index in [1.54, 1.807) is 0 Å². The van der Waals surface area contributed by atoms with Gasteiger partial charge in [-0.25, -0.2) is 0 Å². The summed E-state index contributed by atoms with van der Waals surface area (Å²) in [6, 6.07) is 0. The first kappa shape index (κ1) is 23.3. The summed E-state index contributed by atoms with van der Waals surface area (Å²) in [4.78, 5) is 0. The van der Waals surface area contributed by atoms with Gasteiger partial charge in [0.25, 0.3) is 0 Å². The first-order chi connectivity index (χ1) is 1.00. The van der Waals surface area contributed by atoms with Gasteiger partial charge in [0.05, 0.1) is 0 Å². The van der Waals surface area contributed by atoms with Gasteiger partial charge in [-0.1, -0.05) is 0 Å². The van der Waals surface area contributed by atoms with E-state index in [0.29, 0.717) is 24.7 Å². The third-order valence-electron chi connectivity index (χ3n) is 0. The van der Waals surface area contributed by atoms with Crippen LogP contribution in [0.4, 0.5) is 0 Å². The van der Waals surface area contributed by atoms with Gasteiger partial charge in [-0.3, -0.25) is 0 Å². The van der Waals surface area contributed by atoms with E-state index in [1.807, 2.05) is 0 Å². The maximum atomic E-state index is 8.34. The molecule has 2 N–H and O–H groups in total. The zero-order chi connectivity index (χ0) is 2.00. The third-order valence-corrected chi connectivity index (χ3v) is 0. The zero-order valence-electron chi connectivity index (χ0n) is 1.82. The topological polar surface area (TPSA) is 77.1 Å². The average molecular weight is 141 g/mol. The SMILES string of the molecule is O.[O-2].[O]=[Zr+2]. The molecule has 0 heterocycles. The summed E-state index contributed by atoms with van der Waals surface area (Å²) in [5, 5.41) is 0. The molecule has 0 atom stereocenters. The van der Waals surface area contributed by atoms with Gasteiger partial charge in [0.2, 0.25) is 0 Å². The standard InChI is InChI=1S/H2O.2O.Zr/h1H2;;;/q;;-2;+2. The Morgan fingerprint density at radius 2 is 1.25 bits per heavy atom. The molecule has 4 heavy (non-hydrogen) atoms. The molecule has 0 fully saturated rings. The van der Waals surface area contributed by atoms with E-state index in [4.69, 9.17) is 2.81 Å². The molecule has 24 valence electrons. The fraction of sp³-hybridized carbons (Fsp3) is 0. The average Bonchev–Trinajstić information content (AvgIpc) is 1.00. The van der Waals surface area contributed by atoms with Crippen LogP contribution in [0.25, 0.3) is 0 Å². The molecule has 0 saturated carbocycles. The van der Waals surface area contributed by atoms with Crippen molar-refractivity contribution < 1.29 is 38.5 Å². The Hall–Kier alpha value is 0.603. The van der Waals surface area contributed by atoms with E-state index in [9.17, 15) is 0 Å². The van der Waals surface area contributed by atoms with Crippen molar-refractivity contribution in [2.24, 2.45) is 0 Å². The zero-order valence-corrected chi connectivity index (χ0v) is 4.27. The van der Waals surface area contributed by atoms with Crippen LogP contribution in [0.15, 0.2) is 0 Å². The number of hydrogen-bond donors (Lipinski definition) is 0. The van der Waals surface area contributed by atoms with Gasteiger partial charge >= 0.3 is 27.5 Å². The van der Waals surface area contributed by atoms with Gasteiger partial charge in [0.1, 0.15) is 0 Å². The summed E-state index contributed by atoms with van der Waals surface area (Å²) < 4.78 is 8.34. The summed E-state index contributed by atoms with van der Waals surface area (Å²) in [5.74, 6) is 0. The predicted molar refractivity (Wildman–Crippen MR) is 4.99 cm³/mol. The molecule has 0 rings (SSSR count). The molecular weight excluding hydrogens is 139 g/mol. The van der Waals surface area contributed by atoms with Crippen LogP contribution in [-0.2, 0) is 33.0 Å². The van der Waals surface area contributed by atoms with Gasteiger partial charge in [-0.2, -0.15) is 0 Å². The van der Waals surface area contributed by atoms with E-state index in [2.05, 4.69) is 0 Å². The molecule has 0 unspecified atom stereocenters. The van der Waals surface area contributed by atoms with Crippen molar-refractivity contribution in [3.8, 4) is 0 Å². The molecule has 0 aliphatic heterocycles. The molecule has 0 saturated heterocycles. The predicted octanol–water partition coefficient (Wildman–Crippen LogP) is -1.06. The van der Waals surface area contributed by atoms with Crippen LogP contribution in [0.1, 0.15) is 0 Å². The van der Waals surface area contributed by atoms with Gasteiger partial charge in [0.15, 0.2) is 0 Å². The second-order valence-corrected chi connectivity index (χ2v) is 0. The van der Waals surface area contributed by atoms with Gasteiger partial charge in [-0.05, 0) is 0 Å². The molecule has 0 spiro atoms. The Kier molecular flexibility index (Phi) is 390. The van der Waals surface area contributed by atoms with Crippen LogP contribution >= 0.6 is 0 Å². The van der Waals surface area contributed by atoms with Gasteiger partial charge < -0.3 is 11.0 Å². The van der Waals surface area contributed by atoms with Crippen LogP contribution in [-0.4, -0.2) is 5.48 Å². The van der Waals surface area contributed by atoms with E-state index in [-0.39, 0.29) is 11.0 Å². The Labute approximate surface area is 38.9 Å². The van der Waals surface area contributed by atoms with E-state index < -0.39 is 0 Å². The molecular formula is H2O3Zr. The molecule has 0 aromatic heterocycles. The van der Waals surface area contributed by atoms with Crippen LogP contribution in [0.5, 0.6) is 0 Å². The van der Waals surface area contributed by atoms with Crippen LogP contribution in [0, 0.1) is 0 Å². The number of rotatable bonds is 0. The van der Waals surface area contributed by atoms with Crippen LogP contribution < -0.4 is 0 Å². The second-order valence-electron chi connectivity index (χ2n) is 0. The van der Waals surface area contributed by atoms with Crippen LogP contribution in [0.3, 0.4) is 0 Å². The first-order valence-corrected chi connectivity index (χ1v) is 1.21. The van der Waals surface area contributed by atoms with Crippen molar-refractivity contribution >= 4 is 0 Å². The van der Waals surface area contributed by atoms with Crippen molar-refractivity contribution in [1.82, 2.24) is 0 Å². The molecule has 3 nitrogen and oxygen atoms in total. The monoisotopic (exact) mass is 140 g/mol. The fourth-order valence-corrected chi connectivity index (χ4v) is 0. The van der Waals surface area contributed by atoms with Crippen molar-refractivity contribution in [3.05, 3.63) is 0 Å². The Morgan fingerprint density at radius 3 is 1.25 bits per heavy atom. The van der Waals surface area contributed by atoms with E-state index in [1.165, 1.54) is 0 Å². The molecule has 4 heteroatoms. The Morgan fingerprint density at radius 1 is 1.25 bits per heavy atom. The summed E-state index contributed by atoms with van der Waals surface area (Å²) in [6.07, 6.45) is 0. The Bertz CT molecular complexity index is 3.25.